The second-order valence-electron chi connectivity index (χ2n) is 6.07. The zero-order valence-electron chi connectivity index (χ0n) is 13.6. The molecule has 4 nitrogen and oxygen atoms in total. The van der Waals surface area contributed by atoms with Crippen LogP contribution in [0.15, 0.2) is 42.6 Å². The van der Waals surface area contributed by atoms with Gasteiger partial charge in [-0.05, 0) is 54.9 Å². The molecule has 1 saturated heterocycles. The van der Waals surface area contributed by atoms with Crippen molar-refractivity contribution in [3.8, 4) is 0 Å². The van der Waals surface area contributed by atoms with Gasteiger partial charge in [-0.1, -0.05) is 35.3 Å². The summed E-state index contributed by atoms with van der Waals surface area (Å²) in [4.78, 5) is 4.19. The molecule has 2 aromatic rings. The van der Waals surface area contributed by atoms with Crippen LogP contribution in [0, 0.1) is 0 Å². The fourth-order valence-corrected chi connectivity index (χ4v) is 3.49. The van der Waals surface area contributed by atoms with E-state index in [-0.39, 0.29) is 5.41 Å². The van der Waals surface area contributed by atoms with Crippen molar-refractivity contribution in [2.24, 2.45) is 0 Å². The van der Waals surface area contributed by atoms with Crippen molar-refractivity contribution in [2.75, 3.05) is 25.1 Å². The molecular formula is C18H19Cl2N3OS. The van der Waals surface area contributed by atoms with Crippen LogP contribution in [0.2, 0.25) is 10.0 Å². The molecule has 25 heavy (non-hydrogen) atoms. The number of pyridine rings is 1. The van der Waals surface area contributed by atoms with Gasteiger partial charge in [0.15, 0.2) is 5.11 Å². The van der Waals surface area contributed by atoms with Gasteiger partial charge in [0.1, 0.15) is 5.82 Å². The number of rotatable bonds is 4. The van der Waals surface area contributed by atoms with Gasteiger partial charge in [0.2, 0.25) is 0 Å². The smallest absolute Gasteiger partial charge is 0.171 e. The molecule has 1 aromatic heterocycles. The lowest BCUT2D eigenvalue weighted by atomic mass is 9.74. The molecule has 0 amide bonds. The highest BCUT2D eigenvalue weighted by Gasteiger charge is 2.34. The Bertz CT molecular complexity index is 733. The Labute approximate surface area is 162 Å². The van der Waals surface area contributed by atoms with Gasteiger partial charge in [-0.2, -0.15) is 0 Å². The van der Waals surface area contributed by atoms with Crippen molar-refractivity contribution < 1.29 is 4.74 Å². The van der Waals surface area contributed by atoms with E-state index < -0.39 is 0 Å². The maximum Gasteiger partial charge on any atom is 0.171 e. The largest absolute Gasteiger partial charge is 0.381 e. The molecule has 1 aliphatic heterocycles. The van der Waals surface area contributed by atoms with Gasteiger partial charge in [-0.3, -0.25) is 0 Å². The Hall–Kier alpha value is -1.40. The van der Waals surface area contributed by atoms with Gasteiger partial charge in [-0.15, -0.1) is 0 Å². The molecule has 0 radical (unpaired) electrons. The lowest BCUT2D eigenvalue weighted by Gasteiger charge is -2.38. The summed E-state index contributed by atoms with van der Waals surface area (Å²) in [7, 11) is 0. The molecule has 0 bridgehead atoms. The molecule has 1 fully saturated rings. The molecule has 3 rings (SSSR count). The number of anilines is 1. The van der Waals surface area contributed by atoms with Crippen LogP contribution >= 0.6 is 35.4 Å². The van der Waals surface area contributed by atoms with Gasteiger partial charge >= 0.3 is 0 Å². The first kappa shape index (κ1) is 18.4. The maximum absolute atomic E-state index is 6.20. The Morgan fingerprint density at radius 3 is 2.64 bits per heavy atom. The van der Waals surface area contributed by atoms with Gasteiger partial charge in [0.25, 0.3) is 0 Å². The third-order valence-electron chi connectivity index (χ3n) is 4.44. The minimum atomic E-state index is -0.0533. The number of aromatic nitrogens is 1. The zero-order chi connectivity index (χ0) is 17.7. The summed E-state index contributed by atoms with van der Waals surface area (Å²) in [5, 5.41) is 8.27. The second kappa shape index (κ2) is 8.32. The summed E-state index contributed by atoms with van der Waals surface area (Å²) >= 11 is 17.5. The van der Waals surface area contributed by atoms with E-state index >= 15 is 0 Å². The van der Waals surface area contributed by atoms with Gasteiger partial charge < -0.3 is 15.4 Å². The van der Waals surface area contributed by atoms with Crippen molar-refractivity contribution in [3.05, 3.63) is 58.2 Å². The summed E-state index contributed by atoms with van der Waals surface area (Å²) < 4.78 is 5.56. The normalized spacial score (nSPS) is 16.2. The van der Waals surface area contributed by atoms with E-state index in [0.717, 1.165) is 31.1 Å². The minimum Gasteiger partial charge on any atom is -0.381 e. The summed E-state index contributed by atoms with van der Waals surface area (Å²) in [5.74, 6) is 0.658. The van der Waals surface area contributed by atoms with Crippen LogP contribution < -0.4 is 10.6 Å². The molecule has 1 aliphatic rings. The number of ether oxygens (including phenoxy) is 1. The number of thiocarbonyl (C=S) groups is 1. The van der Waals surface area contributed by atoms with Gasteiger partial charge in [-0.25, -0.2) is 4.98 Å². The minimum absolute atomic E-state index is 0.0533. The van der Waals surface area contributed by atoms with Gasteiger partial charge in [0.05, 0.1) is 5.02 Å². The van der Waals surface area contributed by atoms with Crippen molar-refractivity contribution in [3.63, 3.8) is 0 Å². The molecular weight excluding hydrogens is 377 g/mol. The van der Waals surface area contributed by atoms with Crippen LogP contribution in [0.4, 0.5) is 5.82 Å². The number of nitrogens with zero attached hydrogens (tertiary/aromatic N) is 1. The van der Waals surface area contributed by atoms with E-state index in [1.165, 1.54) is 5.56 Å². The van der Waals surface area contributed by atoms with Crippen LogP contribution in [0.1, 0.15) is 18.4 Å². The Morgan fingerprint density at radius 1 is 1.16 bits per heavy atom. The lowest BCUT2D eigenvalue weighted by molar-refractivity contribution is 0.0515. The predicted octanol–water partition coefficient (Wildman–Crippen LogP) is 4.42. The molecule has 0 spiro atoms. The molecule has 0 unspecified atom stereocenters. The van der Waals surface area contributed by atoms with Crippen molar-refractivity contribution in [1.29, 1.82) is 0 Å². The molecule has 2 N–H and O–H groups in total. The highest BCUT2D eigenvalue weighted by Crippen LogP contribution is 2.35. The van der Waals surface area contributed by atoms with Gasteiger partial charge in [0, 0.05) is 36.4 Å². The third-order valence-corrected chi connectivity index (χ3v) is 5.15. The Kier molecular flexibility index (Phi) is 6.12. The topological polar surface area (TPSA) is 46.2 Å². The monoisotopic (exact) mass is 395 g/mol. The standard InChI is InChI=1S/C18H19Cl2N3OS/c19-14-3-1-2-13(10-14)18(6-8-24-9-7-18)12-22-17(25)23-16-5-4-15(20)11-21-16/h1-5,10-11H,6-9,12H2,(H2,21,22,23,25). The second-order valence-corrected chi connectivity index (χ2v) is 7.35. The number of benzene rings is 1. The number of nitrogens with one attached hydrogen (secondary N) is 2. The van der Waals surface area contributed by atoms with Crippen LogP contribution in [-0.2, 0) is 10.2 Å². The Balaban J connectivity index is 1.68. The third kappa shape index (κ3) is 4.82. The molecule has 7 heteroatoms. The van der Waals surface area contributed by atoms with Crippen molar-refractivity contribution >= 4 is 46.4 Å². The average molecular weight is 396 g/mol. The number of hydrogen-bond acceptors (Lipinski definition) is 3. The number of hydrogen-bond donors (Lipinski definition) is 2. The molecule has 132 valence electrons. The number of halogens is 2. The van der Waals surface area contributed by atoms with Crippen LogP contribution in [0.5, 0.6) is 0 Å². The Morgan fingerprint density at radius 2 is 1.96 bits per heavy atom. The average Bonchev–Trinajstić information content (AvgIpc) is 2.63. The lowest BCUT2D eigenvalue weighted by Crippen LogP contribution is -2.45. The highest BCUT2D eigenvalue weighted by molar-refractivity contribution is 7.80. The first-order valence-corrected chi connectivity index (χ1v) is 9.24. The van der Waals surface area contributed by atoms with Crippen molar-refractivity contribution in [2.45, 2.75) is 18.3 Å². The molecule has 1 aromatic carbocycles. The molecule has 0 saturated carbocycles. The highest BCUT2D eigenvalue weighted by atomic mass is 35.5. The molecule has 2 heterocycles. The molecule has 0 aliphatic carbocycles. The van der Waals surface area contributed by atoms with E-state index in [0.29, 0.717) is 22.5 Å². The SMILES string of the molecule is S=C(NCC1(c2cccc(Cl)c2)CCOCC1)Nc1ccc(Cl)cn1. The fraction of sp³-hybridized carbons (Fsp3) is 0.333. The summed E-state index contributed by atoms with van der Waals surface area (Å²) in [6.45, 7) is 2.16. The van der Waals surface area contributed by atoms with E-state index in [2.05, 4.69) is 21.7 Å². The summed E-state index contributed by atoms with van der Waals surface area (Å²) in [6.07, 6.45) is 3.42. The van der Waals surface area contributed by atoms with Crippen molar-refractivity contribution in [1.82, 2.24) is 10.3 Å². The fourth-order valence-electron chi connectivity index (χ4n) is 3.01. The van der Waals surface area contributed by atoms with E-state index in [1.807, 2.05) is 18.2 Å². The van der Waals surface area contributed by atoms with Crippen LogP contribution in [0.25, 0.3) is 0 Å². The summed E-state index contributed by atoms with van der Waals surface area (Å²) in [5.41, 5.74) is 1.16. The van der Waals surface area contributed by atoms with E-state index in [9.17, 15) is 0 Å². The first-order valence-electron chi connectivity index (χ1n) is 8.08. The van der Waals surface area contributed by atoms with E-state index in [1.54, 1.807) is 18.3 Å². The van der Waals surface area contributed by atoms with E-state index in [4.69, 9.17) is 40.2 Å². The van der Waals surface area contributed by atoms with Crippen LogP contribution in [-0.4, -0.2) is 29.9 Å². The maximum atomic E-state index is 6.20. The first-order chi connectivity index (χ1) is 12.1. The summed E-state index contributed by atoms with van der Waals surface area (Å²) in [6, 6.07) is 11.6. The zero-order valence-corrected chi connectivity index (χ0v) is 15.9. The molecule has 0 atom stereocenters. The predicted molar refractivity (Wildman–Crippen MR) is 107 cm³/mol. The van der Waals surface area contributed by atoms with Crippen LogP contribution in [0.3, 0.4) is 0 Å². The quantitative estimate of drug-likeness (QED) is 0.749.